The van der Waals surface area contributed by atoms with Gasteiger partial charge in [0.25, 0.3) is 0 Å². The van der Waals surface area contributed by atoms with E-state index < -0.39 is 29.4 Å². The second-order valence-electron chi connectivity index (χ2n) is 6.29. The second-order valence-corrected chi connectivity index (χ2v) is 6.29. The summed E-state index contributed by atoms with van der Waals surface area (Å²) in [7, 11) is 0. The lowest BCUT2D eigenvalue weighted by molar-refractivity contribution is -0.138. The van der Waals surface area contributed by atoms with Gasteiger partial charge in [-0.1, -0.05) is 30.3 Å². The van der Waals surface area contributed by atoms with E-state index in [1.165, 1.54) is 30.3 Å². The van der Waals surface area contributed by atoms with Gasteiger partial charge in [-0.3, -0.25) is 0 Å². The number of benzene rings is 2. The standard InChI is InChI=1S/C22H18F6O2/c1-3-30-19(29)13-4-14(2)20(15-5-9-17(10-6-15)21(23,24)25)16-7-11-18(12-8-16)22(26,27)28/h4-13H,3H2,1-2H3. The van der Waals surface area contributed by atoms with Crippen LogP contribution in [0.1, 0.15) is 36.1 Å². The first kappa shape index (κ1) is 23.3. The highest BCUT2D eigenvalue weighted by molar-refractivity contribution is 5.87. The highest BCUT2D eigenvalue weighted by Gasteiger charge is 2.31. The Morgan fingerprint density at radius 1 is 0.800 bits per heavy atom. The molecule has 0 aliphatic heterocycles. The highest BCUT2D eigenvalue weighted by atomic mass is 19.4. The summed E-state index contributed by atoms with van der Waals surface area (Å²) in [4.78, 5) is 11.6. The Morgan fingerprint density at radius 2 is 1.20 bits per heavy atom. The Hall–Kier alpha value is -3.03. The minimum atomic E-state index is -4.52. The number of halogens is 6. The fourth-order valence-electron chi connectivity index (χ4n) is 2.74. The molecular weight excluding hydrogens is 410 g/mol. The van der Waals surface area contributed by atoms with Crippen molar-refractivity contribution in [3.05, 3.63) is 88.5 Å². The highest BCUT2D eigenvalue weighted by Crippen LogP contribution is 2.34. The number of ether oxygens (including phenoxy) is 1. The Balaban J connectivity index is 2.55. The van der Waals surface area contributed by atoms with Crippen LogP contribution in [0.25, 0.3) is 5.57 Å². The summed E-state index contributed by atoms with van der Waals surface area (Å²) >= 11 is 0. The molecule has 0 fully saturated rings. The minimum Gasteiger partial charge on any atom is -0.463 e. The van der Waals surface area contributed by atoms with Gasteiger partial charge in [-0.25, -0.2) is 4.79 Å². The number of esters is 1. The molecule has 0 N–H and O–H groups in total. The van der Waals surface area contributed by atoms with E-state index in [9.17, 15) is 31.1 Å². The van der Waals surface area contributed by atoms with E-state index in [4.69, 9.17) is 4.74 Å². The molecule has 0 aliphatic rings. The SMILES string of the molecule is CCOC(=O)C=CC(C)=C(c1ccc(C(F)(F)F)cc1)c1ccc(C(F)(F)F)cc1. The lowest BCUT2D eigenvalue weighted by atomic mass is 9.92. The van der Waals surface area contributed by atoms with Crippen LogP contribution in [0.2, 0.25) is 0 Å². The molecule has 0 amide bonds. The summed E-state index contributed by atoms with van der Waals surface area (Å²) in [6.07, 6.45) is -6.49. The molecule has 0 saturated heterocycles. The van der Waals surface area contributed by atoms with Crippen LogP contribution in [0.15, 0.2) is 66.3 Å². The Morgan fingerprint density at radius 3 is 1.53 bits per heavy atom. The fraction of sp³-hybridized carbons (Fsp3) is 0.227. The van der Waals surface area contributed by atoms with Crippen molar-refractivity contribution < 1.29 is 35.9 Å². The van der Waals surface area contributed by atoms with Crippen LogP contribution >= 0.6 is 0 Å². The van der Waals surface area contributed by atoms with Gasteiger partial charge in [-0.05, 0) is 60.4 Å². The van der Waals surface area contributed by atoms with E-state index in [2.05, 4.69) is 0 Å². The molecule has 0 radical (unpaired) electrons. The van der Waals surface area contributed by atoms with E-state index in [1.807, 2.05) is 0 Å². The number of hydrogen-bond acceptors (Lipinski definition) is 2. The van der Waals surface area contributed by atoms with Crippen LogP contribution in [0.5, 0.6) is 0 Å². The molecule has 0 spiro atoms. The lowest BCUT2D eigenvalue weighted by Crippen LogP contribution is -2.05. The van der Waals surface area contributed by atoms with Gasteiger partial charge in [0.05, 0.1) is 17.7 Å². The van der Waals surface area contributed by atoms with Gasteiger partial charge in [0, 0.05) is 6.08 Å². The summed E-state index contributed by atoms with van der Waals surface area (Å²) in [6, 6.07) is 8.50. The van der Waals surface area contributed by atoms with Crippen molar-refractivity contribution >= 4 is 11.5 Å². The second kappa shape index (κ2) is 9.19. The maximum absolute atomic E-state index is 12.9. The zero-order chi connectivity index (χ0) is 22.5. The summed E-state index contributed by atoms with van der Waals surface area (Å²) in [5.74, 6) is -0.615. The summed E-state index contributed by atoms with van der Waals surface area (Å²) in [5, 5.41) is 0. The molecule has 160 valence electrons. The van der Waals surface area contributed by atoms with E-state index in [0.717, 1.165) is 30.3 Å². The predicted octanol–water partition coefficient (Wildman–Crippen LogP) is 6.67. The van der Waals surface area contributed by atoms with Gasteiger partial charge in [0.15, 0.2) is 0 Å². The van der Waals surface area contributed by atoms with E-state index in [-0.39, 0.29) is 6.61 Å². The number of carbonyl (C=O) groups excluding carboxylic acids is 1. The van der Waals surface area contributed by atoms with Crippen molar-refractivity contribution in [3.8, 4) is 0 Å². The first-order chi connectivity index (χ1) is 13.9. The normalized spacial score (nSPS) is 12.1. The van der Waals surface area contributed by atoms with E-state index >= 15 is 0 Å². The third kappa shape index (κ3) is 5.98. The molecule has 0 aromatic heterocycles. The van der Waals surface area contributed by atoms with Gasteiger partial charge in [0.1, 0.15) is 0 Å². The van der Waals surface area contributed by atoms with Gasteiger partial charge in [-0.15, -0.1) is 0 Å². The quantitative estimate of drug-likeness (QED) is 0.230. The van der Waals surface area contributed by atoms with Crippen LogP contribution in [-0.2, 0) is 21.9 Å². The molecule has 0 saturated carbocycles. The fourth-order valence-corrected chi connectivity index (χ4v) is 2.74. The average molecular weight is 428 g/mol. The average Bonchev–Trinajstić information content (AvgIpc) is 2.66. The third-order valence-electron chi connectivity index (χ3n) is 4.15. The van der Waals surface area contributed by atoms with Crippen molar-refractivity contribution in [2.24, 2.45) is 0 Å². The third-order valence-corrected chi connectivity index (χ3v) is 4.15. The molecule has 0 aliphatic carbocycles. The van der Waals surface area contributed by atoms with Crippen LogP contribution in [0.3, 0.4) is 0 Å². The Bertz CT molecular complexity index is 874. The van der Waals surface area contributed by atoms with Crippen LogP contribution in [0, 0.1) is 0 Å². The predicted molar refractivity (Wildman–Crippen MR) is 100 cm³/mol. The molecule has 0 unspecified atom stereocenters. The number of rotatable bonds is 5. The Labute approximate surface area is 169 Å². The number of carbonyl (C=O) groups is 1. The largest absolute Gasteiger partial charge is 0.463 e. The molecule has 0 bridgehead atoms. The summed E-state index contributed by atoms with van der Waals surface area (Å²) < 4.78 is 81.9. The minimum absolute atomic E-state index is 0.163. The van der Waals surface area contributed by atoms with Gasteiger partial charge in [-0.2, -0.15) is 26.3 Å². The topological polar surface area (TPSA) is 26.3 Å². The van der Waals surface area contributed by atoms with Crippen LogP contribution < -0.4 is 0 Å². The number of hydrogen-bond donors (Lipinski definition) is 0. The van der Waals surface area contributed by atoms with Crippen LogP contribution in [0.4, 0.5) is 26.3 Å². The molecular formula is C22H18F6O2. The molecule has 8 heteroatoms. The van der Waals surface area contributed by atoms with Crippen molar-refractivity contribution in [2.75, 3.05) is 6.61 Å². The van der Waals surface area contributed by atoms with Gasteiger partial charge >= 0.3 is 18.3 Å². The van der Waals surface area contributed by atoms with Crippen LogP contribution in [-0.4, -0.2) is 12.6 Å². The maximum atomic E-state index is 12.9. The van der Waals surface area contributed by atoms with Crippen molar-refractivity contribution in [1.29, 1.82) is 0 Å². The van der Waals surface area contributed by atoms with Gasteiger partial charge < -0.3 is 4.74 Å². The molecule has 2 aromatic rings. The van der Waals surface area contributed by atoms with Crippen molar-refractivity contribution in [2.45, 2.75) is 26.2 Å². The smallest absolute Gasteiger partial charge is 0.416 e. The summed E-state index contributed by atoms with van der Waals surface area (Å²) in [6.45, 7) is 3.39. The Kier molecular flexibility index (Phi) is 7.12. The van der Waals surface area contributed by atoms with Crippen molar-refractivity contribution in [1.82, 2.24) is 0 Å². The maximum Gasteiger partial charge on any atom is 0.416 e. The lowest BCUT2D eigenvalue weighted by Gasteiger charge is -2.14. The number of allylic oxidation sites excluding steroid dienone is 2. The molecule has 2 aromatic carbocycles. The van der Waals surface area contributed by atoms with E-state index in [0.29, 0.717) is 22.3 Å². The molecule has 2 nitrogen and oxygen atoms in total. The first-order valence-electron chi connectivity index (χ1n) is 8.84. The van der Waals surface area contributed by atoms with Gasteiger partial charge in [0.2, 0.25) is 0 Å². The van der Waals surface area contributed by atoms with Crippen molar-refractivity contribution in [3.63, 3.8) is 0 Å². The molecule has 2 rings (SSSR count). The molecule has 0 atom stereocenters. The summed E-state index contributed by atoms with van der Waals surface area (Å²) in [5.41, 5.74) is -0.140. The first-order valence-corrected chi connectivity index (χ1v) is 8.84. The molecule has 0 heterocycles. The zero-order valence-corrected chi connectivity index (χ0v) is 16.1. The monoisotopic (exact) mass is 428 g/mol. The number of alkyl halides is 6. The zero-order valence-electron chi connectivity index (χ0n) is 16.1. The molecule has 30 heavy (non-hydrogen) atoms. The van der Waals surface area contributed by atoms with E-state index in [1.54, 1.807) is 13.8 Å².